The lowest BCUT2D eigenvalue weighted by Gasteiger charge is -2.08. The summed E-state index contributed by atoms with van der Waals surface area (Å²) in [6, 6.07) is 5.98. The van der Waals surface area contributed by atoms with E-state index in [4.69, 9.17) is 9.26 Å². The van der Waals surface area contributed by atoms with Crippen molar-refractivity contribution in [3.63, 3.8) is 0 Å². The molecule has 0 bridgehead atoms. The lowest BCUT2D eigenvalue weighted by atomic mass is 10.1. The Bertz CT molecular complexity index is 1230. The van der Waals surface area contributed by atoms with Gasteiger partial charge in [-0.2, -0.15) is 5.10 Å². The molecule has 0 aliphatic rings. The number of carbonyl (C=O) groups excluding carboxylic acids is 1. The number of ether oxygens (including phenoxy) is 1. The molecule has 0 fully saturated rings. The average Bonchev–Trinajstić information content (AvgIpc) is 3.38. The third-order valence-corrected chi connectivity index (χ3v) is 5.55. The van der Waals surface area contributed by atoms with E-state index in [9.17, 15) is 4.79 Å². The van der Waals surface area contributed by atoms with Gasteiger partial charge >= 0.3 is 0 Å². The first-order valence-corrected chi connectivity index (χ1v) is 10.6. The first-order chi connectivity index (χ1) is 14.8. The predicted octanol–water partition coefficient (Wildman–Crippen LogP) is 4.60. The smallest absolute Gasteiger partial charge is 0.280 e. The zero-order valence-electron chi connectivity index (χ0n) is 18.0. The number of nitrogens with one attached hydrogen (secondary N) is 1. The summed E-state index contributed by atoms with van der Waals surface area (Å²) in [6.45, 7) is 7.89. The van der Waals surface area contributed by atoms with E-state index < -0.39 is 0 Å². The van der Waals surface area contributed by atoms with Gasteiger partial charge in [-0.1, -0.05) is 11.2 Å². The van der Waals surface area contributed by atoms with Crippen molar-refractivity contribution in [2.24, 2.45) is 7.05 Å². The summed E-state index contributed by atoms with van der Waals surface area (Å²) in [5.74, 6) is 0.890. The van der Waals surface area contributed by atoms with Crippen molar-refractivity contribution in [3.8, 4) is 17.0 Å². The summed E-state index contributed by atoms with van der Waals surface area (Å²) in [5, 5.41) is 13.4. The van der Waals surface area contributed by atoms with Crippen LogP contribution >= 0.6 is 11.3 Å². The molecule has 0 spiro atoms. The summed E-state index contributed by atoms with van der Waals surface area (Å²) < 4.78 is 12.9. The van der Waals surface area contributed by atoms with Crippen LogP contribution in [0.2, 0.25) is 0 Å². The second-order valence-electron chi connectivity index (χ2n) is 7.47. The number of aryl methyl sites for hydroxylation is 5. The third kappa shape index (κ3) is 4.51. The highest BCUT2D eigenvalue weighted by atomic mass is 32.1. The molecule has 0 aliphatic heterocycles. The van der Waals surface area contributed by atoms with Gasteiger partial charge < -0.3 is 9.26 Å². The van der Waals surface area contributed by atoms with Crippen LogP contribution in [0.15, 0.2) is 34.3 Å². The fourth-order valence-corrected chi connectivity index (χ4v) is 4.08. The summed E-state index contributed by atoms with van der Waals surface area (Å²) >= 11 is 1.34. The largest absolute Gasteiger partial charge is 0.489 e. The molecule has 0 saturated carbocycles. The van der Waals surface area contributed by atoms with Crippen LogP contribution in [0.4, 0.5) is 5.13 Å². The predicted molar refractivity (Wildman–Crippen MR) is 118 cm³/mol. The normalized spacial score (nSPS) is 11.0. The Labute approximate surface area is 183 Å². The molecule has 0 atom stereocenters. The highest BCUT2D eigenvalue weighted by Crippen LogP contribution is 2.27. The molecule has 0 radical (unpaired) electrons. The molecular weight excluding hydrogens is 414 g/mol. The van der Waals surface area contributed by atoms with E-state index in [2.05, 4.69) is 26.6 Å². The zero-order chi connectivity index (χ0) is 22.1. The van der Waals surface area contributed by atoms with Crippen LogP contribution in [0.25, 0.3) is 11.3 Å². The van der Waals surface area contributed by atoms with Gasteiger partial charge in [-0.25, -0.2) is 4.98 Å². The molecule has 9 heteroatoms. The summed E-state index contributed by atoms with van der Waals surface area (Å²) in [7, 11) is 1.86. The van der Waals surface area contributed by atoms with Crippen LogP contribution < -0.4 is 10.1 Å². The number of hydrogen-bond acceptors (Lipinski definition) is 7. The minimum absolute atomic E-state index is 0.180. The molecule has 1 N–H and O–H groups in total. The van der Waals surface area contributed by atoms with E-state index in [1.165, 1.54) is 11.3 Å². The maximum Gasteiger partial charge on any atom is 0.280 e. The SMILES string of the molecule is Cc1cc(C)cc(OCc2c(C(=O)Nc3nc(-c4cn(C)nc4C)cs3)noc2C)c1. The van der Waals surface area contributed by atoms with Crippen LogP contribution in [-0.2, 0) is 13.7 Å². The van der Waals surface area contributed by atoms with E-state index in [-0.39, 0.29) is 18.2 Å². The maximum atomic E-state index is 12.8. The number of rotatable bonds is 6. The Balaban J connectivity index is 1.49. The standard InChI is InChI=1S/C22H23N5O3S/c1-12-6-13(2)8-16(7-12)29-10-18-15(4)30-26-20(18)21(28)24-22-23-19(11-31-22)17-9-27(5)25-14(17)3/h6-9,11H,10H2,1-5H3,(H,23,24,28). The second-order valence-corrected chi connectivity index (χ2v) is 8.33. The zero-order valence-corrected chi connectivity index (χ0v) is 18.8. The molecule has 4 aromatic rings. The minimum Gasteiger partial charge on any atom is -0.489 e. The fraction of sp³-hybridized carbons (Fsp3) is 0.273. The van der Waals surface area contributed by atoms with Crippen molar-refractivity contribution in [1.82, 2.24) is 19.9 Å². The molecule has 3 heterocycles. The number of thiazole rings is 1. The number of aromatic nitrogens is 4. The molecule has 31 heavy (non-hydrogen) atoms. The van der Waals surface area contributed by atoms with Crippen LogP contribution in [0.3, 0.4) is 0 Å². The van der Waals surface area contributed by atoms with Gasteiger partial charge in [0.25, 0.3) is 5.91 Å². The molecule has 1 amide bonds. The van der Waals surface area contributed by atoms with E-state index >= 15 is 0 Å². The number of anilines is 1. The average molecular weight is 438 g/mol. The Morgan fingerprint density at radius 2 is 1.94 bits per heavy atom. The van der Waals surface area contributed by atoms with Crippen molar-refractivity contribution in [2.75, 3.05) is 5.32 Å². The molecule has 0 saturated heterocycles. The van der Waals surface area contributed by atoms with E-state index in [0.717, 1.165) is 33.8 Å². The van der Waals surface area contributed by atoms with Gasteiger partial charge in [0.2, 0.25) is 0 Å². The van der Waals surface area contributed by atoms with Gasteiger partial charge in [-0.15, -0.1) is 11.3 Å². The van der Waals surface area contributed by atoms with Crippen LogP contribution in [0.5, 0.6) is 5.75 Å². The molecule has 0 aliphatic carbocycles. The first-order valence-electron chi connectivity index (χ1n) is 9.74. The Kier molecular flexibility index (Phi) is 5.60. The highest BCUT2D eigenvalue weighted by molar-refractivity contribution is 7.14. The minimum atomic E-state index is -0.389. The van der Waals surface area contributed by atoms with E-state index in [1.54, 1.807) is 11.6 Å². The Morgan fingerprint density at radius 3 is 2.61 bits per heavy atom. The molecule has 160 valence electrons. The molecular formula is C22H23N5O3S. The quantitative estimate of drug-likeness (QED) is 0.474. The molecule has 4 rings (SSSR count). The first kappa shape index (κ1) is 20.8. The van der Waals surface area contributed by atoms with Gasteiger partial charge in [0.05, 0.1) is 17.0 Å². The molecule has 8 nitrogen and oxygen atoms in total. The lowest BCUT2D eigenvalue weighted by Crippen LogP contribution is -2.15. The second kappa shape index (κ2) is 8.35. The topological polar surface area (TPSA) is 95.1 Å². The van der Waals surface area contributed by atoms with Crippen molar-refractivity contribution in [3.05, 3.63) is 63.6 Å². The van der Waals surface area contributed by atoms with E-state index in [1.807, 2.05) is 51.5 Å². The van der Waals surface area contributed by atoms with Gasteiger partial charge in [-0.3, -0.25) is 14.8 Å². The third-order valence-electron chi connectivity index (χ3n) is 4.79. The number of nitrogens with zero attached hydrogens (tertiary/aromatic N) is 4. The van der Waals surface area contributed by atoms with Crippen LogP contribution in [-0.4, -0.2) is 25.8 Å². The maximum absolute atomic E-state index is 12.8. The summed E-state index contributed by atoms with van der Waals surface area (Å²) in [5.41, 5.74) is 5.59. The fourth-order valence-electron chi connectivity index (χ4n) is 3.37. The Hall–Kier alpha value is -3.46. The van der Waals surface area contributed by atoms with Crippen molar-refractivity contribution in [1.29, 1.82) is 0 Å². The number of carbonyl (C=O) groups is 1. The number of hydrogen-bond donors (Lipinski definition) is 1. The number of amides is 1. The van der Waals surface area contributed by atoms with Crippen molar-refractivity contribution in [2.45, 2.75) is 34.3 Å². The number of benzene rings is 1. The Morgan fingerprint density at radius 1 is 1.19 bits per heavy atom. The van der Waals surface area contributed by atoms with Crippen LogP contribution in [0, 0.1) is 27.7 Å². The highest BCUT2D eigenvalue weighted by Gasteiger charge is 2.22. The summed E-state index contributed by atoms with van der Waals surface area (Å²) in [6.07, 6.45) is 1.90. The lowest BCUT2D eigenvalue weighted by molar-refractivity contribution is 0.101. The van der Waals surface area contributed by atoms with Crippen LogP contribution in [0.1, 0.15) is 38.6 Å². The molecule has 1 aromatic carbocycles. The summed E-state index contributed by atoms with van der Waals surface area (Å²) in [4.78, 5) is 17.4. The van der Waals surface area contributed by atoms with Crippen molar-refractivity contribution < 1.29 is 14.1 Å². The monoisotopic (exact) mass is 437 g/mol. The van der Waals surface area contributed by atoms with Gasteiger partial charge in [0.1, 0.15) is 18.1 Å². The van der Waals surface area contributed by atoms with Gasteiger partial charge in [0.15, 0.2) is 10.8 Å². The van der Waals surface area contributed by atoms with Gasteiger partial charge in [-0.05, 0) is 51.0 Å². The van der Waals surface area contributed by atoms with E-state index in [0.29, 0.717) is 16.5 Å². The molecule has 3 aromatic heterocycles. The van der Waals surface area contributed by atoms with Crippen molar-refractivity contribution >= 4 is 22.4 Å². The molecule has 0 unspecified atom stereocenters. The van der Waals surface area contributed by atoms with Gasteiger partial charge in [0, 0.05) is 24.2 Å².